The van der Waals surface area contributed by atoms with Crippen LogP contribution in [0.4, 0.5) is 13.2 Å². The predicted octanol–water partition coefficient (Wildman–Crippen LogP) is 3.68. The van der Waals surface area contributed by atoms with Crippen LogP contribution >= 0.6 is 15.9 Å². The third-order valence-electron chi connectivity index (χ3n) is 2.07. The van der Waals surface area contributed by atoms with E-state index in [9.17, 15) is 13.2 Å². The van der Waals surface area contributed by atoms with Gasteiger partial charge in [-0.2, -0.15) is 13.2 Å². The molecule has 5 heteroatoms. The summed E-state index contributed by atoms with van der Waals surface area (Å²) in [7, 11) is 0. The molecule has 0 unspecified atom stereocenters. The maximum absolute atomic E-state index is 12.6. The molecule has 0 aliphatic heterocycles. The Labute approximate surface area is 88.5 Å². The first-order valence-corrected chi connectivity index (χ1v) is 4.73. The van der Waals surface area contributed by atoms with E-state index in [4.69, 9.17) is 0 Å². The Kier molecular flexibility index (Phi) is 2.90. The maximum Gasteiger partial charge on any atom is 0.399 e. The highest BCUT2D eigenvalue weighted by Gasteiger charge is 2.49. The van der Waals surface area contributed by atoms with Gasteiger partial charge in [0.05, 0.1) is 5.69 Å². The highest BCUT2D eigenvalue weighted by Crippen LogP contribution is 2.39. The lowest BCUT2D eigenvalue weighted by molar-refractivity contribution is -0.181. The van der Waals surface area contributed by atoms with Crippen LogP contribution in [-0.4, -0.2) is 11.2 Å². The second kappa shape index (κ2) is 3.53. The van der Waals surface area contributed by atoms with Gasteiger partial charge in [0, 0.05) is 10.7 Å². The van der Waals surface area contributed by atoms with Gasteiger partial charge in [0.2, 0.25) is 0 Å². The topological polar surface area (TPSA) is 12.9 Å². The van der Waals surface area contributed by atoms with Gasteiger partial charge in [-0.25, -0.2) is 0 Å². The summed E-state index contributed by atoms with van der Waals surface area (Å²) in [6, 6.07) is 2.98. The molecule has 0 saturated heterocycles. The van der Waals surface area contributed by atoms with Gasteiger partial charge in [-0.3, -0.25) is 4.98 Å². The summed E-state index contributed by atoms with van der Waals surface area (Å²) in [5, 5.41) is 0. The Morgan fingerprint density at radius 3 is 2.29 bits per heavy atom. The Balaban J connectivity index is 3.16. The van der Waals surface area contributed by atoms with Crippen LogP contribution in [0.15, 0.2) is 22.8 Å². The van der Waals surface area contributed by atoms with Gasteiger partial charge in [-0.15, -0.1) is 0 Å². The first kappa shape index (κ1) is 11.5. The van der Waals surface area contributed by atoms with Gasteiger partial charge in [0.1, 0.15) is 5.41 Å². The van der Waals surface area contributed by atoms with Gasteiger partial charge in [-0.05, 0) is 26.0 Å². The predicted molar refractivity (Wildman–Crippen MR) is 51.0 cm³/mol. The zero-order valence-corrected chi connectivity index (χ0v) is 9.28. The number of halogens is 4. The lowest BCUT2D eigenvalue weighted by Crippen LogP contribution is -2.37. The second-order valence-electron chi connectivity index (χ2n) is 3.48. The minimum atomic E-state index is -4.29. The Morgan fingerprint density at radius 2 is 1.86 bits per heavy atom. The second-order valence-corrected chi connectivity index (χ2v) is 4.40. The number of rotatable bonds is 1. The summed E-state index contributed by atoms with van der Waals surface area (Å²) in [4.78, 5) is 3.73. The highest BCUT2D eigenvalue weighted by molar-refractivity contribution is 9.10. The van der Waals surface area contributed by atoms with E-state index >= 15 is 0 Å². The number of pyridine rings is 1. The molecule has 0 bridgehead atoms. The molecule has 0 N–H and O–H groups in total. The van der Waals surface area contributed by atoms with E-state index in [1.165, 1.54) is 12.3 Å². The molecule has 0 spiro atoms. The summed E-state index contributed by atoms with van der Waals surface area (Å²) >= 11 is 3.11. The van der Waals surface area contributed by atoms with Crippen molar-refractivity contribution in [2.75, 3.05) is 0 Å². The summed E-state index contributed by atoms with van der Waals surface area (Å²) in [6.07, 6.45) is -2.94. The van der Waals surface area contributed by atoms with Crippen molar-refractivity contribution >= 4 is 15.9 Å². The fraction of sp³-hybridized carbons (Fsp3) is 0.444. The van der Waals surface area contributed by atoms with Gasteiger partial charge in [-0.1, -0.05) is 15.9 Å². The van der Waals surface area contributed by atoms with E-state index in [-0.39, 0.29) is 5.69 Å². The van der Waals surface area contributed by atoms with Crippen molar-refractivity contribution in [3.8, 4) is 0 Å². The van der Waals surface area contributed by atoms with Crippen molar-refractivity contribution in [2.45, 2.75) is 25.4 Å². The Bertz CT molecular complexity index is 333. The van der Waals surface area contributed by atoms with Crippen LogP contribution in [0.1, 0.15) is 19.5 Å². The molecular weight excluding hydrogens is 259 g/mol. The van der Waals surface area contributed by atoms with Crippen molar-refractivity contribution in [3.63, 3.8) is 0 Å². The lowest BCUT2D eigenvalue weighted by atomic mass is 9.88. The fourth-order valence-electron chi connectivity index (χ4n) is 0.892. The van der Waals surface area contributed by atoms with Gasteiger partial charge < -0.3 is 0 Å². The molecule has 1 nitrogen and oxygen atoms in total. The third kappa shape index (κ3) is 2.08. The molecule has 14 heavy (non-hydrogen) atoms. The zero-order valence-electron chi connectivity index (χ0n) is 7.69. The van der Waals surface area contributed by atoms with E-state index in [2.05, 4.69) is 20.9 Å². The molecule has 1 aromatic heterocycles. The highest BCUT2D eigenvalue weighted by atomic mass is 79.9. The van der Waals surface area contributed by atoms with Crippen LogP contribution in [0.5, 0.6) is 0 Å². The average molecular weight is 268 g/mol. The molecule has 1 heterocycles. The SMILES string of the molecule is CC(C)(c1cc(Br)ccn1)C(F)(F)F. The van der Waals surface area contributed by atoms with Crippen LogP contribution in [0.3, 0.4) is 0 Å². The summed E-state index contributed by atoms with van der Waals surface area (Å²) < 4.78 is 38.4. The number of hydrogen-bond acceptors (Lipinski definition) is 1. The lowest BCUT2D eigenvalue weighted by Gasteiger charge is -2.27. The average Bonchev–Trinajstić information content (AvgIpc) is 2.02. The molecule has 1 aromatic rings. The standard InChI is InChI=1S/C9H9BrF3N/c1-8(2,9(11,12)13)7-5-6(10)3-4-14-7/h3-5H,1-2H3. The van der Waals surface area contributed by atoms with E-state index in [1.807, 2.05) is 0 Å². The Morgan fingerprint density at radius 1 is 1.29 bits per heavy atom. The normalized spacial score (nSPS) is 13.0. The maximum atomic E-state index is 12.6. The van der Waals surface area contributed by atoms with Crippen LogP contribution in [-0.2, 0) is 5.41 Å². The number of nitrogens with zero attached hydrogens (tertiary/aromatic N) is 1. The quantitative estimate of drug-likeness (QED) is 0.757. The smallest absolute Gasteiger partial charge is 0.260 e. The van der Waals surface area contributed by atoms with Crippen molar-refractivity contribution in [2.24, 2.45) is 0 Å². The molecule has 0 amide bonds. The van der Waals surface area contributed by atoms with Gasteiger partial charge in [0.15, 0.2) is 0 Å². The van der Waals surface area contributed by atoms with Gasteiger partial charge in [0.25, 0.3) is 0 Å². The molecule has 0 radical (unpaired) electrons. The Hall–Kier alpha value is -0.580. The van der Waals surface area contributed by atoms with Crippen molar-refractivity contribution in [3.05, 3.63) is 28.5 Å². The minimum absolute atomic E-state index is 0.0133. The van der Waals surface area contributed by atoms with Gasteiger partial charge >= 0.3 is 6.18 Å². The van der Waals surface area contributed by atoms with E-state index in [0.29, 0.717) is 4.47 Å². The molecule has 0 saturated carbocycles. The largest absolute Gasteiger partial charge is 0.399 e. The molecule has 0 atom stereocenters. The number of alkyl halides is 3. The first-order valence-electron chi connectivity index (χ1n) is 3.94. The molecule has 1 rings (SSSR count). The van der Waals surface area contributed by atoms with Crippen LogP contribution in [0.2, 0.25) is 0 Å². The van der Waals surface area contributed by atoms with Crippen LogP contribution in [0, 0.1) is 0 Å². The molecular formula is C9H9BrF3N. The first-order chi connectivity index (χ1) is 6.25. The molecule has 0 fully saturated rings. The fourth-order valence-corrected chi connectivity index (χ4v) is 1.23. The van der Waals surface area contributed by atoms with E-state index in [1.54, 1.807) is 6.07 Å². The monoisotopic (exact) mass is 267 g/mol. The molecule has 0 aromatic carbocycles. The summed E-state index contributed by atoms with van der Waals surface area (Å²) in [5.74, 6) is 0. The number of hydrogen-bond donors (Lipinski definition) is 0. The molecule has 0 aliphatic carbocycles. The summed E-state index contributed by atoms with van der Waals surface area (Å²) in [6.45, 7) is 2.23. The zero-order chi connectivity index (χ0) is 11.0. The van der Waals surface area contributed by atoms with Crippen LogP contribution in [0.25, 0.3) is 0 Å². The third-order valence-corrected chi connectivity index (χ3v) is 2.56. The molecule has 0 aliphatic rings. The minimum Gasteiger partial charge on any atom is -0.260 e. The van der Waals surface area contributed by atoms with E-state index in [0.717, 1.165) is 13.8 Å². The summed E-state index contributed by atoms with van der Waals surface area (Å²) in [5.41, 5.74) is -1.91. The van der Waals surface area contributed by atoms with Crippen molar-refractivity contribution in [1.82, 2.24) is 4.98 Å². The van der Waals surface area contributed by atoms with E-state index < -0.39 is 11.6 Å². The number of aromatic nitrogens is 1. The van der Waals surface area contributed by atoms with Crippen molar-refractivity contribution < 1.29 is 13.2 Å². The molecule has 78 valence electrons. The van der Waals surface area contributed by atoms with Crippen LogP contribution < -0.4 is 0 Å². The van der Waals surface area contributed by atoms with Crippen molar-refractivity contribution in [1.29, 1.82) is 0 Å².